The summed E-state index contributed by atoms with van der Waals surface area (Å²) < 4.78 is 0. The van der Waals surface area contributed by atoms with E-state index in [1.54, 1.807) is 0 Å². The SMILES string of the molecule is O=[N+]([O-])C(CCC[Si](Cl)(Cl)Cl)[N+](=O)[O-]. The minimum Gasteiger partial charge on any atom is -0.259 e. The van der Waals surface area contributed by atoms with Crippen molar-refractivity contribution in [3.63, 3.8) is 0 Å². The lowest BCUT2D eigenvalue weighted by atomic mass is 10.3. The van der Waals surface area contributed by atoms with Crippen molar-refractivity contribution in [3.8, 4) is 0 Å². The lowest BCUT2D eigenvalue weighted by Gasteiger charge is -2.06. The third-order valence-corrected chi connectivity index (χ3v) is 4.03. The molecule has 10 heteroatoms. The molecule has 0 fully saturated rings. The van der Waals surface area contributed by atoms with E-state index in [-0.39, 0.29) is 18.9 Å². The Labute approximate surface area is 94.5 Å². The molecule has 0 N–H and O–H groups in total. The van der Waals surface area contributed by atoms with E-state index in [1.807, 2.05) is 0 Å². The highest BCUT2D eigenvalue weighted by Gasteiger charge is 2.33. The van der Waals surface area contributed by atoms with Crippen LogP contribution in [0.25, 0.3) is 0 Å². The third-order valence-electron chi connectivity index (χ3n) is 1.41. The summed E-state index contributed by atoms with van der Waals surface area (Å²) in [7, 11) is 0. The van der Waals surface area contributed by atoms with E-state index >= 15 is 0 Å². The van der Waals surface area contributed by atoms with Crippen LogP contribution in [0.4, 0.5) is 0 Å². The number of halogens is 3. The van der Waals surface area contributed by atoms with Crippen LogP contribution < -0.4 is 0 Å². The van der Waals surface area contributed by atoms with Gasteiger partial charge in [-0.1, -0.05) is 0 Å². The van der Waals surface area contributed by atoms with Crippen LogP contribution in [-0.4, -0.2) is 22.0 Å². The van der Waals surface area contributed by atoms with Gasteiger partial charge in [-0.2, -0.15) is 0 Å². The molecule has 82 valence electrons. The Hall–Kier alpha value is -0.113. The van der Waals surface area contributed by atoms with Gasteiger partial charge in [-0.3, -0.25) is 20.2 Å². The van der Waals surface area contributed by atoms with Gasteiger partial charge in [-0.05, 0) is 12.5 Å². The Morgan fingerprint density at radius 2 is 1.57 bits per heavy atom. The summed E-state index contributed by atoms with van der Waals surface area (Å²) in [6.45, 7) is 0. The molecule has 0 rings (SSSR count). The molecule has 0 atom stereocenters. The Kier molecular flexibility index (Phi) is 5.65. The largest absolute Gasteiger partial charge is 0.450 e. The highest BCUT2D eigenvalue weighted by atomic mass is 35.8. The number of hydrogen-bond acceptors (Lipinski definition) is 4. The maximum absolute atomic E-state index is 10.2. The zero-order chi connectivity index (χ0) is 11.4. The molecule has 0 bridgehead atoms. The molecule has 0 aliphatic rings. The quantitative estimate of drug-likeness (QED) is 0.246. The number of nitro groups is 2. The standard InChI is InChI=1S/C4H7Cl3N2O4Si/c5-14(6,7)3-1-2-4(8(10)11)9(12)13/h4H,1-3H2. The number of rotatable bonds is 6. The zero-order valence-electron chi connectivity index (χ0n) is 6.86. The molecule has 0 heterocycles. The Morgan fingerprint density at radius 1 is 1.14 bits per heavy atom. The average Bonchev–Trinajstić information content (AvgIpc) is 1.94. The Bertz CT molecular complexity index is 219. The molecule has 0 spiro atoms. The van der Waals surface area contributed by atoms with Crippen molar-refractivity contribution in [1.82, 2.24) is 0 Å². The van der Waals surface area contributed by atoms with Crippen molar-refractivity contribution in [3.05, 3.63) is 20.2 Å². The van der Waals surface area contributed by atoms with Gasteiger partial charge in [0.15, 0.2) is 0 Å². The van der Waals surface area contributed by atoms with Crippen LogP contribution in [0.5, 0.6) is 0 Å². The average molecular weight is 282 g/mol. The molecule has 6 nitrogen and oxygen atoms in total. The predicted octanol–water partition coefficient (Wildman–Crippen LogP) is 2.30. The molecule has 0 saturated carbocycles. The van der Waals surface area contributed by atoms with Gasteiger partial charge < -0.3 is 0 Å². The Balaban J connectivity index is 3.97. The van der Waals surface area contributed by atoms with Crippen molar-refractivity contribution in [1.29, 1.82) is 0 Å². The third kappa shape index (κ3) is 6.36. The van der Waals surface area contributed by atoms with Gasteiger partial charge in [0.25, 0.3) is 0 Å². The second-order valence-corrected chi connectivity index (χ2v) is 11.8. The fourth-order valence-corrected chi connectivity index (χ4v) is 2.58. The highest BCUT2D eigenvalue weighted by molar-refractivity contribution is 7.64. The second-order valence-electron chi connectivity index (χ2n) is 2.56. The van der Waals surface area contributed by atoms with Crippen molar-refractivity contribution < 1.29 is 9.85 Å². The van der Waals surface area contributed by atoms with Crippen LogP contribution in [0.1, 0.15) is 12.8 Å². The summed E-state index contributed by atoms with van der Waals surface area (Å²) in [6.07, 6.45) is -1.83. The van der Waals surface area contributed by atoms with Crippen LogP contribution in [0.3, 0.4) is 0 Å². The first-order valence-corrected chi connectivity index (χ1v) is 8.82. The van der Waals surface area contributed by atoms with E-state index in [4.69, 9.17) is 33.2 Å². The van der Waals surface area contributed by atoms with Crippen LogP contribution in [0.15, 0.2) is 0 Å². The predicted molar refractivity (Wildman–Crippen MR) is 55.1 cm³/mol. The molecule has 0 aromatic carbocycles. The Morgan fingerprint density at radius 3 is 1.86 bits per heavy atom. The summed E-state index contributed by atoms with van der Waals surface area (Å²) in [4.78, 5) is 18.5. The topological polar surface area (TPSA) is 86.3 Å². The highest BCUT2D eigenvalue weighted by Crippen LogP contribution is 2.27. The van der Waals surface area contributed by atoms with Gasteiger partial charge in [-0.15, -0.1) is 33.2 Å². The first kappa shape index (κ1) is 13.9. The van der Waals surface area contributed by atoms with Gasteiger partial charge in [0.1, 0.15) is 0 Å². The van der Waals surface area contributed by atoms with Crippen molar-refractivity contribution in [2.45, 2.75) is 25.1 Å². The molecule has 0 aliphatic heterocycles. The number of nitrogens with zero attached hydrogens (tertiary/aromatic N) is 2. The van der Waals surface area contributed by atoms with E-state index in [2.05, 4.69) is 0 Å². The molecule has 0 radical (unpaired) electrons. The van der Waals surface area contributed by atoms with Crippen LogP contribution in [0, 0.1) is 20.2 Å². The summed E-state index contributed by atoms with van der Waals surface area (Å²) in [5, 5.41) is 20.3. The van der Waals surface area contributed by atoms with E-state index in [0.29, 0.717) is 0 Å². The van der Waals surface area contributed by atoms with Gasteiger partial charge >= 0.3 is 12.2 Å². The van der Waals surface area contributed by atoms with Crippen LogP contribution in [0.2, 0.25) is 6.04 Å². The van der Waals surface area contributed by atoms with E-state index in [1.165, 1.54) is 0 Å². The fraction of sp³-hybridized carbons (Fsp3) is 1.00. The lowest BCUT2D eigenvalue weighted by molar-refractivity contribution is -0.743. The van der Waals surface area contributed by atoms with E-state index in [0.717, 1.165) is 0 Å². The molecule has 0 aromatic rings. The first-order valence-electron chi connectivity index (χ1n) is 3.58. The minimum atomic E-state index is -2.82. The maximum atomic E-state index is 10.2. The first-order chi connectivity index (χ1) is 6.24. The van der Waals surface area contributed by atoms with Gasteiger partial charge in [0.05, 0.1) is 16.3 Å². The summed E-state index contributed by atoms with van der Waals surface area (Å²) >= 11 is 16.5. The molecule has 0 amide bonds. The molecule has 0 aliphatic carbocycles. The fourth-order valence-electron chi connectivity index (χ4n) is 0.773. The minimum absolute atomic E-state index is 0.176. The molecule has 0 saturated heterocycles. The zero-order valence-corrected chi connectivity index (χ0v) is 10.1. The van der Waals surface area contributed by atoms with Crippen molar-refractivity contribution in [2.75, 3.05) is 0 Å². The second kappa shape index (κ2) is 5.69. The van der Waals surface area contributed by atoms with E-state index in [9.17, 15) is 20.2 Å². The number of hydrogen-bond donors (Lipinski definition) is 0. The van der Waals surface area contributed by atoms with Gasteiger partial charge in [-0.25, -0.2) is 0 Å². The molecule has 14 heavy (non-hydrogen) atoms. The van der Waals surface area contributed by atoms with Crippen molar-refractivity contribution in [2.24, 2.45) is 0 Å². The monoisotopic (exact) mass is 280 g/mol. The molecular formula is C4H7Cl3N2O4Si. The molecular weight excluding hydrogens is 274 g/mol. The smallest absolute Gasteiger partial charge is 0.259 e. The summed E-state index contributed by atoms with van der Waals surface area (Å²) in [5.41, 5.74) is 0. The summed E-state index contributed by atoms with van der Waals surface area (Å²) in [5.74, 6) is 0. The van der Waals surface area contributed by atoms with Crippen molar-refractivity contribution >= 4 is 39.2 Å². The van der Waals surface area contributed by atoms with Crippen LogP contribution >= 0.6 is 33.2 Å². The van der Waals surface area contributed by atoms with Gasteiger partial charge in [0, 0.05) is 0 Å². The van der Waals surface area contributed by atoms with Crippen LogP contribution in [-0.2, 0) is 0 Å². The normalized spacial score (nSPS) is 11.7. The summed E-state index contributed by atoms with van der Waals surface area (Å²) in [6, 6.07) is -2.63. The van der Waals surface area contributed by atoms with E-state index < -0.39 is 22.0 Å². The lowest BCUT2D eigenvalue weighted by Crippen LogP contribution is -2.28. The molecule has 0 aromatic heterocycles. The maximum Gasteiger partial charge on any atom is 0.450 e. The molecule has 0 unspecified atom stereocenters. The van der Waals surface area contributed by atoms with Gasteiger partial charge in [0.2, 0.25) is 0 Å².